The molecule has 1 aliphatic heterocycles. The number of aliphatic hydroxyl groups excluding tert-OH is 1. The van der Waals surface area contributed by atoms with Gasteiger partial charge in [0.1, 0.15) is 0 Å². The normalized spacial score (nSPS) is 20.4. The number of rotatable bonds is 5. The zero-order valence-electron chi connectivity index (χ0n) is 11.6. The first-order valence-electron chi connectivity index (χ1n) is 7.21. The van der Waals surface area contributed by atoms with Crippen LogP contribution in [0.3, 0.4) is 0 Å². The summed E-state index contributed by atoms with van der Waals surface area (Å²) < 4.78 is 0. The van der Waals surface area contributed by atoms with Crippen molar-refractivity contribution in [2.45, 2.75) is 38.7 Å². The topological polar surface area (TPSA) is 40.5 Å². The second-order valence-electron chi connectivity index (χ2n) is 5.40. The molecule has 1 N–H and O–H groups in total. The van der Waals surface area contributed by atoms with Crippen molar-refractivity contribution < 1.29 is 9.90 Å². The summed E-state index contributed by atoms with van der Waals surface area (Å²) in [5.74, 6) is 0.150. The van der Waals surface area contributed by atoms with Crippen LogP contribution in [0.5, 0.6) is 0 Å². The van der Waals surface area contributed by atoms with E-state index >= 15 is 0 Å². The molecule has 0 amide bonds. The number of likely N-dealkylation sites (tertiary alicyclic amines) is 1. The van der Waals surface area contributed by atoms with Gasteiger partial charge in [-0.3, -0.25) is 9.69 Å². The fourth-order valence-electron chi connectivity index (χ4n) is 2.62. The lowest BCUT2D eigenvalue weighted by atomic mass is 10.0. The molecule has 1 saturated heterocycles. The molecule has 3 heteroatoms. The van der Waals surface area contributed by atoms with E-state index in [0.29, 0.717) is 13.1 Å². The summed E-state index contributed by atoms with van der Waals surface area (Å²) in [7, 11) is 0. The Bertz CT molecular complexity index is 413. The second kappa shape index (κ2) is 6.83. The van der Waals surface area contributed by atoms with E-state index in [2.05, 4.69) is 11.8 Å². The number of carbonyl (C=O) groups excluding carboxylic acids is 1. The Balaban J connectivity index is 1.91. The maximum atomic E-state index is 12.2. The van der Waals surface area contributed by atoms with Crippen molar-refractivity contribution in [2.75, 3.05) is 19.6 Å². The number of carbonyl (C=O) groups is 1. The van der Waals surface area contributed by atoms with Gasteiger partial charge in [0.15, 0.2) is 5.78 Å². The molecule has 2 rings (SSSR count). The number of Topliss-reactive ketones (excluding diaryl/α,β-unsaturated/α-hetero) is 1. The van der Waals surface area contributed by atoms with Crippen molar-refractivity contribution in [1.29, 1.82) is 0 Å². The third-order valence-electron chi connectivity index (χ3n) is 3.66. The maximum Gasteiger partial charge on any atom is 0.176 e. The van der Waals surface area contributed by atoms with Crippen LogP contribution in [0.25, 0.3) is 0 Å². The van der Waals surface area contributed by atoms with Crippen molar-refractivity contribution in [1.82, 2.24) is 4.90 Å². The Labute approximate surface area is 115 Å². The summed E-state index contributed by atoms with van der Waals surface area (Å²) in [5.41, 5.74) is 2.06. The molecule has 1 fully saturated rings. The van der Waals surface area contributed by atoms with Crippen molar-refractivity contribution in [2.24, 2.45) is 0 Å². The molecule has 1 heterocycles. The number of ketones is 1. The summed E-state index contributed by atoms with van der Waals surface area (Å²) in [6.07, 6.45) is 3.75. The summed E-state index contributed by atoms with van der Waals surface area (Å²) in [4.78, 5) is 14.2. The molecule has 0 saturated carbocycles. The minimum atomic E-state index is -0.270. The van der Waals surface area contributed by atoms with E-state index in [1.54, 1.807) is 0 Å². The lowest BCUT2D eigenvalue weighted by Gasteiger charge is -2.29. The van der Waals surface area contributed by atoms with Gasteiger partial charge in [0, 0.05) is 12.1 Å². The van der Waals surface area contributed by atoms with Crippen LogP contribution in [0.15, 0.2) is 24.3 Å². The van der Waals surface area contributed by atoms with Crippen molar-refractivity contribution in [3.8, 4) is 0 Å². The lowest BCUT2D eigenvalue weighted by molar-refractivity contribution is 0.0634. The number of benzene rings is 1. The molecule has 104 valence electrons. The fourth-order valence-corrected chi connectivity index (χ4v) is 2.62. The molecule has 0 radical (unpaired) electrons. The summed E-state index contributed by atoms with van der Waals surface area (Å²) in [6.45, 7) is 4.11. The highest BCUT2D eigenvalue weighted by molar-refractivity contribution is 5.97. The van der Waals surface area contributed by atoms with E-state index in [0.717, 1.165) is 37.8 Å². The summed E-state index contributed by atoms with van der Waals surface area (Å²) in [6, 6.07) is 7.94. The summed E-state index contributed by atoms with van der Waals surface area (Å²) >= 11 is 0. The minimum Gasteiger partial charge on any atom is -0.392 e. The number of hydrogen-bond donors (Lipinski definition) is 1. The van der Waals surface area contributed by atoms with E-state index in [-0.39, 0.29) is 11.9 Å². The Morgan fingerprint density at radius 1 is 1.37 bits per heavy atom. The number of aryl methyl sites for hydroxylation is 1. The first-order chi connectivity index (χ1) is 9.19. The molecule has 1 unspecified atom stereocenters. The zero-order chi connectivity index (χ0) is 13.7. The Morgan fingerprint density at radius 3 is 2.74 bits per heavy atom. The van der Waals surface area contributed by atoms with Gasteiger partial charge in [0.2, 0.25) is 0 Å². The highest BCUT2D eigenvalue weighted by Gasteiger charge is 2.20. The lowest BCUT2D eigenvalue weighted by Crippen LogP contribution is -2.41. The number of aliphatic hydroxyl groups is 1. The standard InChI is InChI=1S/C16H23NO2/c1-2-4-13-6-8-14(9-7-13)16(19)12-17-10-3-5-15(18)11-17/h6-9,15,18H,2-5,10-12H2,1H3. The van der Waals surface area contributed by atoms with Gasteiger partial charge in [-0.05, 0) is 31.4 Å². The van der Waals surface area contributed by atoms with Gasteiger partial charge >= 0.3 is 0 Å². The molecule has 19 heavy (non-hydrogen) atoms. The van der Waals surface area contributed by atoms with E-state index in [1.807, 2.05) is 24.3 Å². The van der Waals surface area contributed by atoms with Gasteiger partial charge in [-0.1, -0.05) is 37.6 Å². The van der Waals surface area contributed by atoms with Crippen LogP contribution < -0.4 is 0 Å². The molecule has 0 bridgehead atoms. The predicted molar refractivity (Wildman–Crippen MR) is 76.4 cm³/mol. The quantitative estimate of drug-likeness (QED) is 0.827. The van der Waals surface area contributed by atoms with Crippen LogP contribution in [0.4, 0.5) is 0 Å². The van der Waals surface area contributed by atoms with Crippen LogP contribution in [-0.4, -0.2) is 41.5 Å². The first kappa shape index (κ1) is 14.2. The Kier molecular flexibility index (Phi) is 5.11. The van der Waals surface area contributed by atoms with Crippen molar-refractivity contribution >= 4 is 5.78 Å². The van der Waals surface area contributed by atoms with Gasteiger partial charge in [0.25, 0.3) is 0 Å². The smallest absolute Gasteiger partial charge is 0.176 e. The van der Waals surface area contributed by atoms with E-state index < -0.39 is 0 Å². The van der Waals surface area contributed by atoms with Crippen LogP contribution in [0.2, 0.25) is 0 Å². The van der Waals surface area contributed by atoms with Crippen LogP contribution in [0, 0.1) is 0 Å². The van der Waals surface area contributed by atoms with Gasteiger partial charge in [-0.25, -0.2) is 0 Å². The third-order valence-corrected chi connectivity index (χ3v) is 3.66. The molecule has 1 aliphatic rings. The molecule has 1 aromatic rings. The molecule has 3 nitrogen and oxygen atoms in total. The number of β-amino-alcohol motifs (C(OH)–C–C–N with tert-alkyl or cyclic N) is 1. The average molecular weight is 261 g/mol. The predicted octanol–water partition coefficient (Wildman–Crippen LogP) is 2.28. The Morgan fingerprint density at radius 2 is 2.11 bits per heavy atom. The summed E-state index contributed by atoms with van der Waals surface area (Å²) in [5, 5.41) is 9.61. The highest BCUT2D eigenvalue weighted by atomic mass is 16.3. The van der Waals surface area contributed by atoms with Gasteiger partial charge in [0.05, 0.1) is 12.6 Å². The number of hydrogen-bond acceptors (Lipinski definition) is 3. The first-order valence-corrected chi connectivity index (χ1v) is 7.21. The molecular formula is C16H23NO2. The molecule has 0 aromatic heterocycles. The number of piperidine rings is 1. The maximum absolute atomic E-state index is 12.2. The monoisotopic (exact) mass is 261 g/mol. The number of nitrogens with zero attached hydrogens (tertiary/aromatic N) is 1. The largest absolute Gasteiger partial charge is 0.392 e. The molecular weight excluding hydrogens is 238 g/mol. The van der Waals surface area contributed by atoms with Crippen molar-refractivity contribution in [3.63, 3.8) is 0 Å². The third kappa shape index (κ3) is 4.15. The van der Waals surface area contributed by atoms with Gasteiger partial charge in [-0.15, -0.1) is 0 Å². The van der Waals surface area contributed by atoms with Crippen molar-refractivity contribution in [3.05, 3.63) is 35.4 Å². The van der Waals surface area contributed by atoms with E-state index in [1.165, 1.54) is 5.56 Å². The van der Waals surface area contributed by atoms with E-state index in [4.69, 9.17) is 0 Å². The molecule has 0 spiro atoms. The second-order valence-corrected chi connectivity index (χ2v) is 5.40. The average Bonchev–Trinajstić information content (AvgIpc) is 2.40. The van der Waals surface area contributed by atoms with Crippen LogP contribution in [-0.2, 0) is 6.42 Å². The zero-order valence-corrected chi connectivity index (χ0v) is 11.6. The molecule has 0 aliphatic carbocycles. The van der Waals surface area contributed by atoms with Crippen LogP contribution in [0.1, 0.15) is 42.1 Å². The molecule has 1 atom stereocenters. The fraction of sp³-hybridized carbons (Fsp3) is 0.562. The SMILES string of the molecule is CCCc1ccc(C(=O)CN2CCCC(O)C2)cc1. The Hall–Kier alpha value is -1.19. The van der Waals surface area contributed by atoms with Crippen LogP contribution >= 0.6 is 0 Å². The highest BCUT2D eigenvalue weighted by Crippen LogP contribution is 2.12. The van der Waals surface area contributed by atoms with E-state index in [9.17, 15) is 9.90 Å². The molecule has 1 aromatic carbocycles. The van der Waals surface area contributed by atoms with Gasteiger partial charge < -0.3 is 5.11 Å². The van der Waals surface area contributed by atoms with Gasteiger partial charge in [-0.2, -0.15) is 0 Å². The minimum absolute atomic E-state index is 0.150.